The summed E-state index contributed by atoms with van der Waals surface area (Å²) in [6.07, 6.45) is 3.40. The summed E-state index contributed by atoms with van der Waals surface area (Å²) in [6.45, 7) is 0.417. The fourth-order valence-corrected chi connectivity index (χ4v) is 3.30. The number of nitrogens with zero attached hydrogens (tertiary/aromatic N) is 3. The van der Waals surface area contributed by atoms with E-state index in [4.69, 9.17) is 4.74 Å². The van der Waals surface area contributed by atoms with Crippen LogP contribution in [0.4, 0.5) is 0 Å². The maximum Gasteiger partial charge on any atom is 0.230 e. The van der Waals surface area contributed by atoms with Gasteiger partial charge in [0.1, 0.15) is 11.5 Å². The Morgan fingerprint density at radius 1 is 1.03 bits per heavy atom. The highest BCUT2D eigenvalue weighted by Gasteiger charge is 2.09. The Bertz CT molecular complexity index is 1100. The van der Waals surface area contributed by atoms with E-state index in [2.05, 4.69) is 25.5 Å². The fraction of sp³-hybridized carbons (Fsp3) is 0.0909. The normalized spacial score (nSPS) is 10.5. The molecule has 4 rings (SSSR count). The van der Waals surface area contributed by atoms with Gasteiger partial charge in [0.2, 0.25) is 11.1 Å². The predicted molar refractivity (Wildman–Crippen MR) is 115 cm³/mol. The number of aromatic nitrogens is 4. The molecular weight excluding hydrogens is 398 g/mol. The standard InChI is InChI=1S/C22H19N5O2S/c28-20(15-30-22-25-21(26-27-22)17-7-5-11-23-14-17)24-13-16-6-4-10-19(12-16)29-18-8-2-1-3-9-18/h1-12,14H,13,15H2,(H,24,28)(H,25,26,27). The minimum Gasteiger partial charge on any atom is -0.457 e. The first-order valence-electron chi connectivity index (χ1n) is 9.30. The first-order chi connectivity index (χ1) is 14.8. The molecule has 0 aliphatic rings. The van der Waals surface area contributed by atoms with Crippen molar-refractivity contribution in [1.82, 2.24) is 25.5 Å². The molecule has 30 heavy (non-hydrogen) atoms. The van der Waals surface area contributed by atoms with E-state index in [1.165, 1.54) is 11.8 Å². The van der Waals surface area contributed by atoms with Crippen LogP contribution in [0.5, 0.6) is 11.5 Å². The first kappa shape index (κ1) is 19.7. The molecule has 2 aromatic heterocycles. The summed E-state index contributed by atoms with van der Waals surface area (Å²) in [7, 11) is 0. The fourth-order valence-electron chi connectivity index (χ4n) is 2.67. The maximum absolute atomic E-state index is 12.2. The van der Waals surface area contributed by atoms with Crippen molar-refractivity contribution in [3.8, 4) is 22.9 Å². The number of pyridine rings is 1. The third-order valence-corrected chi connectivity index (χ3v) is 4.95. The third-order valence-electron chi connectivity index (χ3n) is 4.10. The minimum atomic E-state index is -0.0953. The highest BCUT2D eigenvalue weighted by molar-refractivity contribution is 7.99. The van der Waals surface area contributed by atoms with E-state index in [1.807, 2.05) is 66.7 Å². The number of thioether (sulfide) groups is 1. The van der Waals surface area contributed by atoms with Gasteiger partial charge in [0.05, 0.1) is 5.75 Å². The van der Waals surface area contributed by atoms with Gasteiger partial charge in [-0.1, -0.05) is 42.1 Å². The number of benzene rings is 2. The van der Waals surface area contributed by atoms with Gasteiger partial charge in [0, 0.05) is 24.5 Å². The number of para-hydroxylation sites is 1. The van der Waals surface area contributed by atoms with Crippen molar-refractivity contribution < 1.29 is 9.53 Å². The van der Waals surface area contributed by atoms with Crippen LogP contribution < -0.4 is 10.1 Å². The number of carbonyl (C=O) groups excluding carboxylic acids is 1. The number of hydrogen-bond acceptors (Lipinski definition) is 6. The van der Waals surface area contributed by atoms with Crippen LogP contribution in [0.1, 0.15) is 5.56 Å². The summed E-state index contributed by atoms with van der Waals surface area (Å²) in [6, 6.07) is 21.0. The predicted octanol–water partition coefficient (Wildman–Crippen LogP) is 4.07. The van der Waals surface area contributed by atoms with Crippen molar-refractivity contribution in [1.29, 1.82) is 0 Å². The van der Waals surface area contributed by atoms with E-state index in [1.54, 1.807) is 12.4 Å². The lowest BCUT2D eigenvalue weighted by Crippen LogP contribution is -2.24. The van der Waals surface area contributed by atoms with Crippen molar-refractivity contribution in [2.45, 2.75) is 11.7 Å². The Kier molecular flexibility index (Phi) is 6.36. The molecule has 2 N–H and O–H groups in total. The van der Waals surface area contributed by atoms with Gasteiger partial charge in [-0.3, -0.25) is 14.9 Å². The molecule has 2 aromatic carbocycles. The van der Waals surface area contributed by atoms with Gasteiger partial charge >= 0.3 is 0 Å². The van der Waals surface area contributed by atoms with Crippen LogP contribution >= 0.6 is 11.8 Å². The SMILES string of the molecule is O=C(CSc1n[nH]c(-c2cccnc2)n1)NCc1cccc(Oc2ccccc2)c1. The Morgan fingerprint density at radius 3 is 2.73 bits per heavy atom. The van der Waals surface area contributed by atoms with Crippen molar-refractivity contribution in [2.75, 3.05) is 5.75 Å². The van der Waals surface area contributed by atoms with Gasteiger partial charge in [0.25, 0.3) is 0 Å². The van der Waals surface area contributed by atoms with Crippen LogP contribution in [0.3, 0.4) is 0 Å². The van der Waals surface area contributed by atoms with E-state index < -0.39 is 0 Å². The van der Waals surface area contributed by atoms with E-state index >= 15 is 0 Å². The van der Waals surface area contributed by atoms with Gasteiger partial charge in [-0.2, -0.15) is 0 Å². The molecule has 7 nitrogen and oxygen atoms in total. The second-order valence-electron chi connectivity index (χ2n) is 6.34. The molecule has 0 fully saturated rings. The molecule has 0 spiro atoms. The van der Waals surface area contributed by atoms with Crippen LogP contribution in [0.15, 0.2) is 84.3 Å². The number of ether oxygens (including phenoxy) is 1. The van der Waals surface area contributed by atoms with Crippen molar-refractivity contribution in [3.05, 3.63) is 84.7 Å². The van der Waals surface area contributed by atoms with E-state index in [9.17, 15) is 4.79 Å². The molecule has 4 aromatic rings. The number of nitrogens with one attached hydrogen (secondary N) is 2. The molecule has 150 valence electrons. The summed E-state index contributed by atoms with van der Waals surface area (Å²) in [5.74, 6) is 2.26. The highest BCUT2D eigenvalue weighted by Crippen LogP contribution is 2.22. The molecule has 0 aliphatic carbocycles. The second-order valence-corrected chi connectivity index (χ2v) is 7.28. The summed E-state index contributed by atoms with van der Waals surface area (Å²) in [5, 5.41) is 10.4. The quantitative estimate of drug-likeness (QED) is 0.420. The Morgan fingerprint density at radius 2 is 1.90 bits per heavy atom. The van der Waals surface area contributed by atoms with E-state index in [0.717, 1.165) is 22.6 Å². The smallest absolute Gasteiger partial charge is 0.230 e. The monoisotopic (exact) mass is 417 g/mol. The Balaban J connectivity index is 1.26. The summed E-state index contributed by atoms with van der Waals surface area (Å²) in [5.41, 5.74) is 1.80. The summed E-state index contributed by atoms with van der Waals surface area (Å²) in [4.78, 5) is 20.6. The van der Waals surface area contributed by atoms with Crippen LogP contribution in [0, 0.1) is 0 Å². The number of rotatable bonds is 8. The number of carbonyl (C=O) groups is 1. The minimum absolute atomic E-state index is 0.0953. The summed E-state index contributed by atoms with van der Waals surface area (Å²) < 4.78 is 5.83. The molecule has 0 saturated carbocycles. The molecule has 0 bridgehead atoms. The lowest BCUT2D eigenvalue weighted by molar-refractivity contribution is -0.118. The van der Waals surface area contributed by atoms with Gasteiger partial charge < -0.3 is 10.1 Å². The molecule has 0 atom stereocenters. The summed E-state index contributed by atoms with van der Waals surface area (Å²) >= 11 is 1.27. The zero-order chi connectivity index (χ0) is 20.6. The topological polar surface area (TPSA) is 92.8 Å². The molecule has 2 heterocycles. The van der Waals surface area contributed by atoms with E-state index in [0.29, 0.717) is 17.5 Å². The number of amides is 1. The largest absolute Gasteiger partial charge is 0.457 e. The zero-order valence-electron chi connectivity index (χ0n) is 16.0. The van der Waals surface area contributed by atoms with Crippen LogP contribution in [0.2, 0.25) is 0 Å². The molecular formula is C22H19N5O2S. The first-order valence-corrected chi connectivity index (χ1v) is 10.3. The van der Waals surface area contributed by atoms with Crippen LogP contribution in [-0.4, -0.2) is 31.8 Å². The van der Waals surface area contributed by atoms with Gasteiger partial charge in [-0.25, -0.2) is 4.98 Å². The molecule has 8 heteroatoms. The maximum atomic E-state index is 12.2. The zero-order valence-corrected chi connectivity index (χ0v) is 16.8. The number of H-pyrrole nitrogens is 1. The Labute approximate surface area is 177 Å². The van der Waals surface area contributed by atoms with Gasteiger partial charge in [0.15, 0.2) is 5.82 Å². The van der Waals surface area contributed by atoms with Crippen LogP contribution in [0.25, 0.3) is 11.4 Å². The Hall–Kier alpha value is -3.65. The van der Waals surface area contributed by atoms with Crippen LogP contribution in [-0.2, 0) is 11.3 Å². The van der Waals surface area contributed by atoms with Crippen molar-refractivity contribution in [3.63, 3.8) is 0 Å². The molecule has 0 radical (unpaired) electrons. The molecule has 0 aliphatic heterocycles. The number of aromatic amines is 1. The van der Waals surface area contributed by atoms with Gasteiger partial charge in [-0.05, 0) is 42.0 Å². The lowest BCUT2D eigenvalue weighted by atomic mass is 10.2. The second kappa shape index (κ2) is 9.71. The molecule has 0 saturated heterocycles. The number of hydrogen-bond donors (Lipinski definition) is 2. The molecule has 0 unspecified atom stereocenters. The highest BCUT2D eigenvalue weighted by atomic mass is 32.2. The third kappa shape index (κ3) is 5.45. The van der Waals surface area contributed by atoms with E-state index in [-0.39, 0.29) is 11.7 Å². The van der Waals surface area contributed by atoms with Crippen molar-refractivity contribution in [2.24, 2.45) is 0 Å². The van der Waals surface area contributed by atoms with Crippen molar-refractivity contribution >= 4 is 17.7 Å². The average molecular weight is 417 g/mol. The lowest BCUT2D eigenvalue weighted by Gasteiger charge is -2.08. The van der Waals surface area contributed by atoms with Gasteiger partial charge in [-0.15, -0.1) is 5.10 Å². The molecule has 1 amide bonds. The average Bonchev–Trinajstić information content (AvgIpc) is 3.27.